The minimum atomic E-state index is -0.433. The summed E-state index contributed by atoms with van der Waals surface area (Å²) in [4.78, 5) is 11.7. The van der Waals surface area contributed by atoms with Crippen molar-refractivity contribution in [2.24, 2.45) is 0 Å². The van der Waals surface area contributed by atoms with Gasteiger partial charge in [-0.1, -0.05) is 12.2 Å². The molecule has 0 bridgehead atoms. The van der Waals surface area contributed by atoms with Crippen LogP contribution < -0.4 is 9.47 Å². The maximum atomic E-state index is 11.7. The van der Waals surface area contributed by atoms with Crippen LogP contribution in [-0.2, 0) is 4.74 Å². The molecule has 0 heterocycles. The van der Waals surface area contributed by atoms with Crippen LogP contribution in [0.15, 0.2) is 18.2 Å². The van der Waals surface area contributed by atoms with Gasteiger partial charge in [0.1, 0.15) is 17.1 Å². The average molecular weight is 236 g/mol. The molecule has 17 heavy (non-hydrogen) atoms. The zero-order valence-electron chi connectivity index (χ0n) is 10.4. The minimum Gasteiger partial charge on any atom is -0.497 e. The van der Waals surface area contributed by atoms with E-state index in [4.69, 9.17) is 14.2 Å². The van der Waals surface area contributed by atoms with Crippen LogP contribution in [0.4, 0.5) is 0 Å². The molecule has 92 valence electrons. The van der Waals surface area contributed by atoms with Crippen LogP contribution in [0.25, 0.3) is 6.08 Å². The predicted molar refractivity (Wildman–Crippen MR) is 65.6 cm³/mol. The molecule has 1 rings (SSSR count). The van der Waals surface area contributed by atoms with Crippen molar-refractivity contribution in [3.8, 4) is 11.5 Å². The van der Waals surface area contributed by atoms with E-state index in [0.29, 0.717) is 22.6 Å². The number of hydrogen-bond donors (Lipinski definition) is 0. The smallest absolute Gasteiger partial charge is 0.342 e. The highest BCUT2D eigenvalue weighted by molar-refractivity contribution is 5.97. The zero-order valence-corrected chi connectivity index (χ0v) is 10.4. The summed E-state index contributed by atoms with van der Waals surface area (Å²) in [5.74, 6) is 0.629. The Labute approximate surface area is 101 Å². The molecular formula is C13H16O4. The van der Waals surface area contributed by atoms with E-state index in [2.05, 4.69) is 0 Å². The van der Waals surface area contributed by atoms with Crippen molar-refractivity contribution in [2.45, 2.75) is 6.92 Å². The topological polar surface area (TPSA) is 44.8 Å². The maximum absolute atomic E-state index is 11.7. The van der Waals surface area contributed by atoms with Crippen LogP contribution in [0.5, 0.6) is 11.5 Å². The highest BCUT2D eigenvalue weighted by Gasteiger charge is 2.18. The molecular weight excluding hydrogens is 220 g/mol. The van der Waals surface area contributed by atoms with Gasteiger partial charge in [0.25, 0.3) is 0 Å². The van der Waals surface area contributed by atoms with Crippen molar-refractivity contribution in [1.82, 2.24) is 0 Å². The van der Waals surface area contributed by atoms with E-state index in [1.165, 1.54) is 14.2 Å². The first-order valence-corrected chi connectivity index (χ1v) is 5.15. The van der Waals surface area contributed by atoms with Crippen molar-refractivity contribution in [3.63, 3.8) is 0 Å². The van der Waals surface area contributed by atoms with Gasteiger partial charge in [-0.3, -0.25) is 0 Å². The van der Waals surface area contributed by atoms with Gasteiger partial charge >= 0.3 is 5.97 Å². The van der Waals surface area contributed by atoms with Gasteiger partial charge in [-0.2, -0.15) is 0 Å². The van der Waals surface area contributed by atoms with Crippen LogP contribution in [0.1, 0.15) is 22.8 Å². The Bertz CT molecular complexity index is 435. The SMILES string of the molecule is C/C=C\c1cc(OC)cc(OC)c1C(=O)OC. The number of benzene rings is 1. The Hall–Kier alpha value is -1.97. The summed E-state index contributed by atoms with van der Waals surface area (Å²) in [5.41, 5.74) is 1.10. The van der Waals surface area contributed by atoms with Crippen molar-refractivity contribution in [1.29, 1.82) is 0 Å². The number of ether oxygens (including phenoxy) is 3. The molecule has 0 unspecified atom stereocenters. The zero-order chi connectivity index (χ0) is 12.8. The van der Waals surface area contributed by atoms with E-state index in [0.717, 1.165) is 0 Å². The second-order valence-electron chi connectivity index (χ2n) is 3.29. The van der Waals surface area contributed by atoms with Gasteiger partial charge < -0.3 is 14.2 Å². The van der Waals surface area contributed by atoms with Gasteiger partial charge in [0.05, 0.1) is 21.3 Å². The van der Waals surface area contributed by atoms with Gasteiger partial charge in [-0.05, 0) is 18.6 Å². The lowest BCUT2D eigenvalue weighted by Gasteiger charge is -2.12. The Morgan fingerprint density at radius 3 is 2.35 bits per heavy atom. The number of methoxy groups -OCH3 is 3. The molecule has 0 spiro atoms. The lowest BCUT2D eigenvalue weighted by atomic mass is 10.1. The molecule has 0 aliphatic carbocycles. The number of esters is 1. The molecule has 1 aromatic carbocycles. The minimum absolute atomic E-state index is 0.397. The predicted octanol–water partition coefficient (Wildman–Crippen LogP) is 2.52. The third-order valence-electron chi connectivity index (χ3n) is 2.30. The Kier molecular flexibility index (Phi) is 4.57. The highest BCUT2D eigenvalue weighted by atomic mass is 16.5. The summed E-state index contributed by atoms with van der Waals surface area (Å²) in [7, 11) is 4.40. The first-order chi connectivity index (χ1) is 8.17. The number of carbonyl (C=O) groups is 1. The van der Waals surface area contributed by atoms with E-state index >= 15 is 0 Å². The molecule has 0 amide bonds. The lowest BCUT2D eigenvalue weighted by Crippen LogP contribution is -2.07. The van der Waals surface area contributed by atoms with Crippen LogP contribution in [0.3, 0.4) is 0 Å². The number of hydrogen-bond acceptors (Lipinski definition) is 4. The number of rotatable bonds is 4. The molecule has 0 N–H and O–H groups in total. The standard InChI is InChI=1S/C13H16O4/c1-5-6-9-7-10(15-2)8-11(16-3)12(9)13(14)17-4/h5-8H,1-4H3/b6-5-. The molecule has 4 nitrogen and oxygen atoms in total. The molecule has 0 radical (unpaired) electrons. The Morgan fingerprint density at radius 1 is 1.18 bits per heavy atom. The van der Waals surface area contributed by atoms with Crippen molar-refractivity contribution in [3.05, 3.63) is 29.3 Å². The molecule has 1 aromatic rings. The van der Waals surface area contributed by atoms with E-state index < -0.39 is 5.97 Å². The monoisotopic (exact) mass is 236 g/mol. The summed E-state index contributed by atoms with van der Waals surface area (Å²) >= 11 is 0. The fraction of sp³-hybridized carbons (Fsp3) is 0.308. The van der Waals surface area contributed by atoms with Gasteiger partial charge in [0, 0.05) is 6.07 Å². The normalized spacial score (nSPS) is 10.4. The van der Waals surface area contributed by atoms with E-state index in [-0.39, 0.29) is 0 Å². The van der Waals surface area contributed by atoms with E-state index in [1.807, 2.05) is 13.0 Å². The molecule has 0 fully saturated rings. The van der Waals surface area contributed by atoms with Crippen molar-refractivity contribution >= 4 is 12.0 Å². The lowest BCUT2D eigenvalue weighted by molar-refractivity contribution is 0.0597. The average Bonchev–Trinajstić information content (AvgIpc) is 2.37. The van der Waals surface area contributed by atoms with Crippen molar-refractivity contribution < 1.29 is 19.0 Å². The second kappa shape index (κ2) is 5.94. The van der Waals surface area contributed by atoms with Gasteiger partial charge in [-0.15, -0.1) is 0 Å². The van der Waals surface area contributed by atoms with Gasteiger partial charge in [0.15, 0.2) is 0 Å². The van der Waals surface area contributed by atoms with Gasteiger partial charge in [-0.25, -0.2) is 4.79 Å². The maximum Gasteiger partial charge on any atom is 0.342 e. The Balaban J connectivity index is 3.45. The quantitative estimate of drug-likeness (QED) is 0.753. The van der Waals surface area contributed by atoms with Gasteiger partial charge in [0.2, 0.25) is 0 Å². The number of allylic oxidation sites excluding steroid dienone is 1. The molecule has 0 aromatic heterocycles. The van der Waals surface area contributed by atoms with Crippen molar-refractivity contribution in [2.75, 3.05) is 21.3 Å². The molecule has 0 saturated heterocycles. The number of carbonyl (C=O) groups excluding carboxylic acids is 1. The van der Waals surface area contributed by atoms with Crippen LogP contribution >= 0.6 is 0 Å². The summed E-state index contributed by atoms with van der Waals surface area (Å²) in [5, 5.41) is 0. The first kappa shape index (κ1) is 13.1. The van der Waals surface area contributed by atoms with Crippen LogP contribution in [0, 0.1) is 0 Å². The second-order valence-corrected chi connectivity index (χ2v) is 3.29. The largest absolute Gasteiger partial charge is 0.497 e. The fourth-order valence-corrected chi connectivity index (χ4v) is 1.52. The summed E-state index contributed by atoms with van der Waals surface area (Å²) in [6.07, 6.45) is 3.64. The first-order valence-electron chi connectivity index (χ1n) is 5.15. The third kappa shape index (κ3) is 2.78. The third-order valence-corrected chi connectivity index (χ3v) is 2.30. The highest BCUT2D eigenvalue weighted by Crippen LogP contribution is 2.30. The molecule has 0 aliphatic rings. The van der Waals surface area contributed by atoms with Crippen LogP contribution in [0.2, 0.25) is 0 Å². The fourth-order valence-electron chi connectivity index (χ4n) is 1.52. The Morgan fingerprint density at radius 2 is 1.88 bits per heavy atom. The summed E-state index contributed by atoms with van der Waals surface area (Å²) in [6.45, 7) is 1.87. The molecule has 0 atom stereocenters. The summed E-state index contributed by atoms with van der Waals surface area (Å²) in [6, 6.07) is 3.41. The van der Waals surface area contributed by atoms with Crippen LogP contribution in [-0.4, -0.2) is 27.3 Å². The van der Waals surface area contributed by atoms with E-state index in [1.54, 1.807) is 25.3 Å². The molecule has 4 heteroatoms. The van der Waals surface area contributed by atoms with E-state index in [9.17, 15) is 4.79 Å². The molecule has 0 aliphatic heterocycles. The molecule has 0 saturated carbocycles. The summed E-state index contributed by atoms with van der Waals surface area (Å²) < 4.78 is 15.1.